The fourth-order valence-corrected chi connectivity index (χ4v) is 1.94. The number of rotatable bonds is 7. The number of hydrogen-bond donors (Lipinski definition) is 1. The van der Waals surface area contributed by atoms with Gasteiger partial charge in [-0.15, -0.1) is 0 Å². The van der Waals surface area contributed by atoms with Gasteiger partial charge in [0, 0.05) is 7.11 Å². The topological polar surface area (TPSA) is 60.2 Å². The highest BCUT2D eigenvalue weighted by molar-refractivity contribution is 5.02. The van der Waals surface area contributed by atoms with Crippen molar-refractivity contribution in [3.05, 3.63) is 11.7 Å². The van der Waals surface area contributed by atoms with Gasteiger partial charge in [0.1, 0.15) is 5.60 Å². The zero-order chi connectivity index (χ0) is 12.9. The first-order chi connectivity index (χ1) is 8.13. The van der Waals surface area contributed by atoms with Crippen LogP contribution in [0.15, 0.2) is 4.52 Å². The zero-order valence-electron chi connectivity index (χ0n) is 11.4. The SMILES string of the molecule is CCNC(C)c1nc(C(CC)(CC)OC)no1. The average Bonchev–Trinajstić information content (AvgIpc) is 2.83. The van der Waals surface area contributed by atoms with Crippen LogP contribution < -0.4 is 5.32 Å². The van der Waals surface area contributed by atoms with Gasteiger partial charge in [0.15, 0.2) is 0 Å². The van der Waals surface area contributed by atoms with Crippen molar-refractivity contribution in [2.45, 2.75) is 52.2 Å². The molecule has 0 aliphatic rings. The third-order valence-corrected chi connectivity index (χ3v) is 3.26. The number of ether oxygens (including phenoxy) is 1. The van der Waals surface area contributed by atoms with Gasteiger partial charge in [0.2, 0.25) is 11.7 Å². The third-order valence-electron chi connectivity index (χ3n) is 3.26. The lowest BCUT2D eigenvalue weighted by molar-refractivity contribution is -0.0306. The van der Waals surface area contributed by atoms with Crippen LogP contribution in [0.2, 0.25) is 0 Å². The number of methoxy groups -OCH3 is 1. The molecule has 0 amide bonds. The van der Waals surface area contributed by atoms with Crippen LogP contribution >= 0.6 is 0 Å². The molecule has 5 nitrogen and oxygen atoms in total. The van der Waals surface area contributed by atoms with Crippen LogP contribution in [0.5, 0.6) is 0 Å². The lowest BCUT2D eigenvalue weighted by Gasteiger charge is -2.25. The van der Waals surface area contributed by atoms with Gasteiger partial charge >= 0.3 is 0 Å². The highest BCUT2D eigenvalue weighted by Crippen LogP contribution is 2.30. The molecule has 0 fully saturated rings. The summed E-state index contributed by atoms with van der Waals surface area (Å²) < 4.78 is 10.9. The molecule has 98 valence electrons. The number of nitrogens with one attached hydrogen (secondary N) is 1. The van der Waals surface area contributed by atoms with E-state index < -0.39 is 5.60 Å². The average molecular weight is 241 g/mol. The molecule has 0 bridgehead atoms. The fourth-order valence-electron chi connectivity index (χ4n) is 1.94. The maximum absolute atomic E-state index is 5.57. The van der Waals surface area contributed by atoms with E-state index in [1.165, 1.54) is 0 Å². The van der Waals surface area contributed by atoms with Crippen LogP contribution in [0.4, 0.5) is 0 Å². The first-order valence-corrected chi connectivity index (χ1v) is 6.26. The van der Waals surface area contributed by atoms with E-state index in [9.17, 15) is 0 Å². The lowest BCUT2D eigenvalue weighted by Crippen LogP contribution is -2.28. The third kappa shape index (κ3) is 2.84. The van der Waals surface area contributed by atoms with Crippen molar-refractivity contribution < 1.29 is 9.26 Å². The summed E-state index contributed by atoms with van der Waals surface area (Å²) in [6.45, 7) is 9.06. The second-order valence-corrected chi connectivity index (χ2v) is 4.14. The van der Waals surface area contributed by atoms with E-state index in [0.29, 0.717) is 11.7 Å². The maximum atomic E-state index is 5.57. The Balaban J connectivity index is 2.92. The second-order valence-electron chi connectivity index (χ2n) is 4.14. The molecular weight excluding hydrogens is 218 g/mol. The minimum Gasteiger partial charge on any atom is -0.370 e. The number of aromatic nitrogens is 2. The molecule has 0 radical (unpaired) electrons. The van der Waals surface area contributed by atoms with Gasteiger partial charge in [-0.1, -0.05) is 25.9 Å². The van der Waals surface area contributed by atoms with Crippen LogP contribution in [-0.2, 0) is 10.3 Å². The van der Waals surface area contributed by atoms with Gasteiger partial charge in [-0.3, -0.25) is 0 Å². The number of hydrogen-bond acceptors (Lipinski definition) is 5. The smallest absolute Gasteiger partial charge is 0.243 e. The van der Waals surface area contributed by atoms with E-state index in [0.717, 1.165) is 19.4 Å². The Morgan fingerprint density at radius 2 is 2.00 bits per heavy atom. The molecule has 1 rings (SSSR count). The van der Waals surface area contributed by atoms with Crippen molar-refractivity contribution in [2.75, 3.05) is 13.7 Å². The molecule has 1 aromatic heterocycles. The van der Waals surface area contributed by atoms with Gasteiger partial charge in [0.25, 0.3) is 0 Å². The molecule has 1 N–H and O–H groups in total. The molecule has 0 saturated heterocycles. The molecule has 1 atom stereocenters. The van der Waals surface area contributed by atoms with E-state index in [1.807, 2.05) is 13.8 Å². The van der Waals surface area contributed by atoms with E-state index in [4.69, 9.17) is 9.26 Å². The van der Waals surface area contributed by atoms with Gasteiger partial charge in [-0.05, 0) is 26.3 Å². The van der Waals surface area contributed by atoms with Crippen molar-refractivity contribution >= 4 is 0 Å². The predicted octanol–water partition coefficient (Wildman–Crippen LogP) is 2.40. The predicted molar refractivity (Wildman–Crippen MR) is 65.7 cm³/mol. The summed E-state index contributed by atoms with van der Waals surface area (Å²) in [6, 6.07) is 0.0736. The van der Waals surface area contributed by atoms with Crippen LogP contribution in [0, 0.1) is 0 Å². The summed E-state index contributed by atoms with van der Waals surface area (Å²) in [5, 5.41) is 7.30. The highest BCUT2D eigenvalue weighted by Gasteiger charge is 2.34. The molecular formula is C12H23N3O2. The summed E-state index contributed by atoms with van der Waals surface area (Å²) in [7, 11) is 1.69. The minimum atomic E-state index is -0.423. The molecule has 0 aliphatic carbocycles. The molecule has 1 aromatic rings. The van der Waals surface area contributed by atoms with Crippen LogP contribution in [0.25, 0.3) is 0 Å². The Morgan fingerprint density at radius 1 is 1.35 bits per heavy atom. The van der Waals surface area contributed by atoms with Crippen molar-refractivity contribution in [3.63, 3.8) is 0 Å². The normalized spacial score (nSPS) is 13.9. The molecule has 0 spiro atoms. The Bertz CT molecular complexity index is 326. The van der Waals surface area contributed by atoms with Crippen LogP contribution in [0.3, 0.4) is 0 Å². The molecule has 17 heavy (non-hydrogen) atoms. The van der Waals surface area contributed by atoms with Gasteiger partial charge in [-0.25, -0.2) is 0 Å². The second kappa shape index (κ2) is 6.12. The summed E-state index contributed by atoms with van der Waals surface area (Å²) in [5.41, 5.74) is -0.423. The van der Waals surface area contributed by atoms with Crippen molar-refractivity contribution in [1.82, 2.24) is 15.5 Å². The Hall–Kier alpha value is -0.940. The van der Waals surface area contributed by atoms with Gasteiger partial charge in [0.05, 0.1) is 6.04 Å². The Kier molecular flexibility index (Phi) is 5.08. The largest absolute Gasteiger partial charge is 0.370 e. The van der Waals surface area contributed by atoms with E-state index in [-0.39, 0.29) is 6.04 Å². The fraction of sp³-hybridized carbons (Fsp3) is 0.833. The minimum absolute atomic E-state index is 0.0736. The van der Waals surface area contributed by atoms with Crippen molar-refractivity contribution in [2.24, 2.45) is 0 Å². The molecule has 0 saturated carbocycles. The Labute approximate surface area is 103 Å². The van der Waals surface area contributed by atoms with E-state index >= 15 is 0 Å². The van der Waals surface area contributed by atoms with Crippen molar-refractivity contribution in [3.8, 4) is 0 Å². The summed E-state index contributed by atoms with van der Waals surface area (Å²) in [6.07, 6.45) is 1.66. The summed E-state index contributed by atoms with van der Waals surface area (Å²) in [5.74, 6) is 1.26. The first kappa shape index (κ1) is 14.1. The van der Waals surface area contributed by atoms with Crippen LogP contribution in [-0.4, -0.2) is 23.8 Å². The standard InChI is InChI=1S/C12H23N3O2/c1-6-12(7-2,16-5)11-14-10(17-15-11)9(4)13-8-3/h9,13H,6-8H2,1-5H3. The van der Waals surface area contributed by atoms with Crippen molar-refractivity contribution in [1.29, 1.82) is 0 Å². The van der Waals surface area contributed by atoms with Crippen LogP contribution in [0.1, 0.15) is 58.3 Å². The summed E-state index contributed by atoms with van der Waals surface area (Å²) >= 11 is 0. The van der Waals surface area contributed by atoms with Gasteiger partial charge < -0.3 is 14.6 Å². The van der Waals surface area contributed by atoms with Gasteiger partial charge in [-0.2, -0.15) is 4.98 Å². The molecule has 0 aliphatic heterocycles. The maximum Gasteiger partial charge on any atom is 0.243 e. The highest BCUT2D eigenvalue weighted by atomic mass is 16.5. The summed E-state index contributed by atoms with van der Waals surface area (Å²) in [4.78, 5) is 4.45. The quantitative estimate of drug-likeness (QED) is 0.794. The number of nitrogens with zero attached hydrogens (tertiary/aromatic N) is 2. The molecule has 5 heteroatoms. The van der Waals surface area contributed by atoms with E-state index in [2.05, 4.69) is 29.3 Å². The monoisotopic (exact) mass is 241 g/mol. The molecule has 0 aromatic carbocycles. The lowest BCUT2D eigenvalue weighted by atomic mass is 9.96. The van der Waals surface area contributed by atoms with E-state index in [1.54, 1.807) is 7.11 Å². The molecule has 1 heterocycles. The Morgan fingerprint density at radius 3 is 2.47 bits per heavy atom. The zero-order valence-corrected chi connectivity index (χ0v) is 11.4. The first-order valence-electron chi connectivity index (χ1n) is 6.26. The molecule has 1 unspecified atom stereocenters.